The van der Waals surface area contributed by atoms with Crippen LogP contribution in [0.25, 0.3) is 0 Å². The molecule has 112 valence electrons. The molecule has 1 aliphatic heterocycles. The Bertz CT molecular complexity index is 493. The number of hydrogen-bond donors (Lipinski definition) is 0. The monoisotopic (exact) mass is 280 g/mol. The number of amides is 1. The van der Waals surface area contributed by atoms with Crippen LogP contribution in [0.5, 0.6) is 0 Å². The van der Waals surface area contributed by atoms with E-state index in [1.54, 1.807) is 7.11 Å². The fourth-order valence-corrected chi connectivity index (χ4v) is 2.71. The van der Waals surface area contributed by atoms with Crippen LogP contribution in [0.1, 0.15) is 30.0 Å². The van der Waals surface area contributed by atoms with Crippen molar-refractivity contribution in [2.24, 2.45) is 7.05 Å². The molecule has 2 heterocycles. The highest BCUT2D eigenvalue weighted by molar-refractivity contribution is 5.93. The summed E-state index contributed by atoms with van der Waals surface area (Å²) >= 11 is 0. The highest BCUT2D eigenvalue weighted by Gasteiger charge is 2.36. The third-order valence-corrected chi connectivity index (χ3v) is 3.71. The molecule has 0 radical (unpaired) electrons. The van der Waals surface area contributed by atoms with E-state index < -0.39 is 0 Å². The fraction of sp³-hybridized carbons (Fsp3) is 0.667. The maximum Gasteiger partial charge on any atom is 0.270 e. The van der Waals surface area contributed by atoms with E-state index in [1.165, 1.54) is 0 Å². The van der Waals surface area contributed by atoms with Crippen LogP contribution in [-0.2, 0) is 16.5 Å². The van der Waals surface area contributed by atoms with E-state index in [4.69, 9.17) is 9.47 Å². The van der Waals surface area contributed by atoms with Crippen LogP contribution in [0.15, 0.2) is 12.1 Å². The number of methoxy groups -OCH3 is 1. The molecule has 0 spiro atoms. The molecular formula is C15H24N2O3. The van der Waals surface area contributed by atoms with Crippen molar-refractivity contribution < 1.29 is 14.3 Å². The van der Waals surface area contributed by atoms with Crippen molar-refractivity contribution in [3.8, 4) is 0 Å². The van der Waals surface area contributed by atoms with Crippen LogP contribution in [0, 0.1) is 6.92 Å². The molecule has 2 rings (SSSR count). The summed E-state index contributed by atoms with van der Waals surface area (Å²) in [7, 11) is 3.57. The second-order valence-electron chi connectivity index (χ2n) is 6.06. The topological polar surface area (TPSA) is 43.7 Å². The second kappa shape index (κ2) is 5.58. The lowest BCUT2D eigenvalue weighted by Gasteiger charge is -2.42. The zero-order valence-corrected chi connectivity index (χ0v) is 13.0. The molecule has 20 heavy (non-hydrogen) atoms. The second-order valence-corrected chi connectivity index (χ2v) is 6.06. The lowest BCUT2D eigenvalue weighted by Crippen LogP contribution is -2.55. The third-order valence-electron chi connectivity index (χ3n) is 3.71. The lowest BCUT2D eigenvalue weighted by molar-refractivity contribution is -0.143. The van der Waals surface area contributed by atoms with Gasteiger partial charge in [0.25, 0.3) is 5.91 Å². The van der Waals surface area contributed by atoms with Crippen LogP contribution in [0.4, 0.5) is 0 Å². The van der Waals surface area contributed by atoms with Gasteiger partial charge in [-0.3, -0.25) is 4.79 Å². The minimum atomic E-state index is -0.350. The molecule has 1 atom stereocenters. The number of morpholine rings is 1. The molecule has 1 aliphatic rings. The van der Waals surface area contributed by atoms with E-state index in [2.05, 4.69) is 0 Å². The molecule has 1 saturated heterocycles. The number of ether oxygens (including phenoxy) is 2. The Morgan fingerprint density at radius 2 is 2.20 bits per heavy atom. The van der Waals surface area contributed by atoms with Crippen molar-refractivity contribution in [3.63, 3.8) is 0 Å². The van der Waals surface area contributed by atoms with Gasteiger partial charge in [0.05, 0.1) is 18.3 Å². The summed E-state index contributed by atoms with van der Waals surface area (Å²) in [6.45, 7) is 7.67. The van der Waals surface area contributed by atoms with Crippen molar-refractivity contribution in [1.82, 2.24) is 9.47 Å². The van der Waals surface area contributed by atoms with E-state index in [9.17, 15) is 4.79 Å². The maximum atomic E-state index is 12.7. The first kappa shape index (κ1) is 15.1. The van der Waals surface area contributed by atoms with Crippen molar-refractivity contribution in [1.29, 1.82) is 0 Å². The Hall–Kier alpha value is -1.33. The Balaban J connectivity index is 2.18. The minimum absolute atomic E-state index is 0.0538. The molecular weight excluding hydrogens is 256 g/mol. The molecule has 0 bridgehead atoms. The molecule has 1 aromatic heterocycles. The lowest BCUT2D eigenvalue weighted by atomic mass is 10.0. The van der Waals surface area contributed by atoms with E-state index in [0.717, 1.165) is 11.4 Å². The number of carbonyl (C=O) groups excluding carboxylic acids is 1. The Morgan fingerprint density at radius 1 is 1.50 bits per heavy atom. The maximum absolute atomic E-state index is 12.7. The Kier molecular flexibility index (Phi) is 4.20. The van der Waals surface area contributed by atoms with Gasteiger partial charge >= 0.3 is 0 Å². The SMILES string of the molecule is COC[C@H]1CN(C(=O)c2ccc(C)n2C)CC(C)(C)O1. The van der Waals surface area contributed by atoms with Gasteiger partial charge in [0.2, 0.25) is 0 Å². The van der Waals surface area contributed by atoms with Crippen LogP contribution < -0.4 is 0 Å². The molecule has 1 aromatic rings. The van der Waals surface area contributed by atoms with Gasteiger partial charge in [-0.05, 0) is 32.9 Å². The van der Waals surface area contributed by atoms with E-state index in [-0.39, 0.29) is 17.6 Å². The van der Waals surface area contributed by atoms with Crippen molar-refractivity contribution in [2.45, 2.75) is 32.5 Å². The van der Waals surface area contributed by atoms with Gasteiger partial charge in [0.1, 0.15) is 5.69 Å². The summed E-state index contributed by atoms with van der Waals surface area (Å²) in [5.74, 6) is 0.0538. The number of carbonyl (C=O) groups is 1. The summed E-state index contributed by atoms with van der Waals surface area (Å²) in [5, 5.41) is 0. The fourth-order valence-electron chi connectivity index (χ4n) is 2.71. The summed E-state index contributed by atoms with van der Waals surface area (Å²) in [5.41, 5.74) is 1.45. The zero-order chi connectivity index (χ0) is 14.9. The molecule has 5 heteroatoms. The van der Waals surface area contributed by atoms with Gasteiger partial charge in [-0.15, -0.1) is 0 Å². The summed E-state index contributed by atoms with van der Waals surface area (Å²) in [6.07, 6.45) is -0.0749. The third kappa shape index (κ3) is 3.04. The minimum Gasteiger partial charge on any atom is -0.382 e. The molecule has 0 aliphatic carbocycles. The summed E-state index contributed by atoms with van der Waals surface area (Å²) in [6, 6.07) is 3.84. The zero-order valence-electron chi connectivity index (χ0n) is 13.0. The molecule has 0 N–H and O–H groups in total. The van der Waals surface area contributed by atoms with Gasteiger partial charge in [0, 0.05) is 32.9 Å². The Labute approximate surface area is 120 Å². The van der Waals surface area contributed by atoms with Crippen molar-refractivity contribution in [2.75, 3.05) is 26.8 Å². The first-order valence-corrected chi connectivity index (χ1v) is 6.92. The van der Waals surface area contributed by atoms with E-state index in [0.29, 0.717) is 19.7 Å². The highest BCUT2D eigenvalue weighted by atomic mass is 16.5. The molecule has 5 nitrogen and oxygen atoms in total. The average Bonchev–Trinajstić information content (AvgIpc) is 2.68. The predicted octanol–water partition coefficient (Wildman–Crippen LogP) is 1.60. The first-order valence-electron chi connectivity index (χ1n) is 6.92. The van der Waals surface area contributed by atoms with Gasteiger partial charge in [-0.1, -0.05) is 0 Å². The normalized spacial score (nSPS) is 22.1. The quantitative estimate of drug-likeness (QED) is 0.844. The average molecular weight is 280 g/mol. The van der Waals surface area contributed by atoms with Gasteiger partial charge < -0.3 is 18.9 Å². The number of rotatable bonds is 3. The van der Waals surface area contributed by atoms with Crippen molar-refractivity contribution in [3.05, 3.63) is 23.5 Å². The van der Waals surface area contributed by atoms with Crippen LogP contribution >= 0.6 is 0 Å². The number of aromatic nitrogens is 1. The summed E-state index contributed by atoms with van der Waals surface area (Å²) < 4.78 is 13.0. The van der Waals surface area contributed by atoms with Crippen molar-refractivity contribution >= 4 is 5.91 Å². The van der Waals surface area contributed by atoms with Crippen LogP contribution in [0.3, 0.4) is 0 Å². The number of nitrogens with zero attached hydrogens (tertiary/aromatic N) is 2. The molecule has 0 saturated carbocycles. The van der Waals surface area contributed by atoms with E-state index >= 15 is 0 Å². The standard InChI is InChI=1S/C15H24N2O3/c1-11-6-7-13(16(11)4)14(18)17-8-12(9-19-5)20-15(2,3)10-17/h6-7,12H,8-10H2,1-5H3/t12-/m1/s1. The smallest absolute Gasteiger partial charge is 0.270 e. The van der Waals surface area contributed by atoms with Crippen LogP contribution in [-0.4, -0.2) is 53.9 Å². The Morgan fingerprint density at radius 3 is 2.75 bits per heavy atom. The number of hydrogen-bond acceptors (Lipinski definition) is 3. The first-order chi connectivity index (χ1) is 9.34. The molecule has 1 fully saturated rings. The predicted molar refractivity (Wildman–Crippen MR) is 76.9 cm³/mol. The summed E-state index contributed by atoms with van der Waals surface area (Å²) in [4.78, 5) is 14.5. The van der Waals surface area contributed by atoms with Gasteiger partial charge in [-0.2, -0.15) is 0 Å². The van der Waals surface area contributed by atoms with Gasteiger partial charge in [0.15, 0.2) is 0 Å². The largest absolute Gasteiger partial charge is 0.382 e. The number of aryl methyl sites for hydroxylation is 1. The molecule has 1 amide bonds. The molecule has 0 unspecified atom stereocenters. The van der Waals surface area contributed by atoms with Gasteiger partial charge in [-0.25, -0.2) is 0 Å². The molecule has 0 aromatic carbocycles. The van der Waals surface area contributed by atoms with Crippen LogP contribution in [0.2, 0.25) is 0 Å². The van der Waals surface area contributed by atoms with E-state index in [1.807, 2.05) is 49.4 Å². The highest BCUT2D eigenvalue weighted by Crippen LogP contribution is 2.23.